The van der Waals surface area contributed by atoms with Crippen LogP contribution < -0.4 is 10.6 Å². The summed E-state index contributed by atoms with van der Waals surface area (Å²) in [4.78, 5) is 15.8. The van der Waals surface area contributed by atoms with Crippen molar-refractivity contribution in [1.29, 1.82) is 0 Å². The largest absolute Gasteiger partial charge is 0.356 e. The molecule has 19 heavy (non-hydrogen) atoms. The van der Waals surface area contributed by atoms with Gasteiger partial charge >= 0.3 is 0 Å². The molecule has 0 fully saturated rings. The first-order chi connectivity index (χ1) is 9.27. The third kappa shape index (κ3) is 6.34. The van der Waals surface area contributed by atoms with Crippen LogP contribution in [0.5, 0.6) is 0 Å². The average molecular weight is 263 g/mol. The average Bonchev–Trinajstić information content (AvgIpc) is 2.45. The lowest BCUT2D eigenvalue weighted by Crippen LogP contribution is -2.32. The van der Waals surface area contributed by atoms with Gasteiger partial charge in [-0.25, -0.2) is 0 Å². The van der Waals surface area contributed by atoms with E-state index in [-0.39, 0.29) is 11.8 Å². The van der Waals surface area contributed by atoms with E-state index in [1.54, 1.807) is 6.20 Å². The molecule has 0 aliphatic rings. The van der Waals surface area contributed by atoms with Gasteiger partial charge in [-0.1, -0.05) is 19.9 Å². The fourth-order valence-corrected chi connectivity index (χ4v) is 1.96. The van der Waals surface area contributed by atoms with Crippen LogP contribution in [0.1, 0.15) is 38.7 Å². The van der Waals surface area contributed by atoms with Crippen LogP contribution >= 0.6 is 0 Å². The van der Waals surface area contributed by atoms with Crippen LogP contribution in [0.4, 0.5) is 0 Å². The van der Waals surface area contributed by atoms with Gasteiger partial charge in [-0.3, -0.25) is 9.78 Å². The molecule has 0 unspecified atom stereocenters. The third-order valence-electron chi connectivity index (χ3n) is 3.24. The molecular weight excluding hydrogens is 238 g/mol. The first-order valence-corrected chi connectivity index (χ1v) is 7.15. The molecule has 2 N–H and O–H groups in total. The van der Waals surface area contributed by atoms with Crippen molar-refractivity contribution in [2.45, 2.75) is 39.7 Å². The molecule has 0 saturated heterocycles. The second-order valence-corrected chi connectivity index (χ2v) is 4.70. The smallest absolute Gasteiger partial charge is 0.223 e. The molecule has 1 rings (SSSR count). The molecule has 1 aromatic heterocycles. The fraction of sp³-hybridized carbons (Fsp3) is 0.600. The van der Waals surface area contributed by atoms with E-state index in [9.17, 15) is 4.79 Å². The highest BCUT2D eigenvalue weighted by Gasteiger charge is 2.12. The van der Waals surface area contributed by atoms with Crippen molar-refractivity contribution in [2.24, 2.45) is 5.92 Å². The van der Waals surface area contributed by atoms with Gasteiger partial charge in [0.25, 0.3) is 0 Å². The van der Waals surface area contributed by atoms with Crippen LogP contribution in [-0.4, -0.2) is 24.0 Å². The fourth-order valence-electron chi connectivity index (χ4n) is 1.96. The zero-order valence-corrected chi connectivity index (χ0v) is 12.0. The zero-order chi connectivity index (χ0) is 13.9. The Kier molecular flexibility index (Phi) is 7.82. The van der Waals surface area contributed by atoms with Crippen LogP contribution in [0.15, 0.2) is 24.5 Å². The summed E-state index contributed by atoms with van der Waals surface area (Å²) in [5, 5.41) is 6.33. The Labute approximate surface area is 116 Å². The minimum absolute atomic E-state index is 0.170. The van der Waals surface area contributed by atoms with Crippen molar-refractivity contribution in [3.05, 3.63) is 30.1 Å². The van der Waals surface area contributed by atoms with Crippen LogP contribution in [0.3, 0.4) is 0 Å². The number of nitrogens with zero attached hydrogens (tertiary/aromatic N) is 1. The second-order valence-electron chi connectivity index (χ2n) is 4.70. The Balaban J connectivity index is 2.04. The Bertz CT molecular complexity index is 350. The highest BCUT2D eigenvalue weighted by Crippen LogP contribution is 2.06. The summed E-state index contributed by atoms with van der Waals surface area (Å²) in [7, 11) is 0. The summed E-state index contributed by atoms with van der Waals surface area (Å²) in [6, 6.07) is 3.99. The number of amides is 1. The second kappa shape index (κ2) is 9.50. The van der Waals surface area contributed by atoms with E-state index in [0.717, 1.165) is 38.9 Å². The van der Waals surface area contributed by atoms with E-state index in [2.05, 4.69) is 35.5 Å². The summed E-state index contributed by atoms with van der Waals surface area (Å²) in [5.74, 6) is 0.362. The van der Waals surface area contributed by atoms with E-state index in [0.29, 0.717) is 0 Å². The van der Waals surface area contributed by atoms with E-state index in [1.165, 1.54) is 5.56 Å². The molecule has 0 radical (unpaired) electrons. The number of hydrogen-bond acceptors (Lipinski definition) is 3. The van der Waals surface area contributed by atoms with Gasteiger partial charge in [0, 0.05) is 31.4 Å². The van der Waals surface area contributed by atoms with Gasteiger partial charge < -0.3 is 10.6 Å². The van der Waals surface area contributed by atoms with Crippen molar-refractivity contribution >= 4 is 5.91 Å². The van der Waals surface area contributed by atoms with Crippen molar-refractivity contribution in [1.82, 2.24) is 15.6 Å². The van der Waals surface area contributed by atoms with Gasteiger partial charge in [0.2, 0.25) is 5.91 Å². The number of pyridine rings is 1. The number of carbonyl (C=O) groups is 1. The van der Waals surface area contributed by atoms with Gasteiger partial charge in [-0.05, 0) is 37.4 Å². The van der Waals surface area contributed by atoms with E-state index < -0.39 is 0 Å². The molecule has 1 amide bonds. The monoisotopic (exact) mass is 263 g/mol. The molecule has 4 nitrogen and oxygen atoms in total. The Hall–Kier alpha value is -1.42. The first-order valence-electron chi connectivity index (χ1n) is 7.15. The van der Waals surface area contributed by atoms with Gasteiger partial charge in [0.15, 0.2) is 0 Å². The molecule has 0 atom stereocenters. The number of hydrogen-bond donors (Lipinski definition) is 2. The zero-order valence-electron chi connectivity index (χ0n) is 12.0. The van der Waals surface area contributed by atoms with Gasteiger partial charge in [-0.2, -0.15) is 0 Å². The van der Waals surface area contributed by atoms with Crippen LogP contribution in [-0.2, 0) is 11.3 Å². The maximum Gasteiger partial charge on any atom is 0.223 e. The molecule has 0 spiro atoms. The molecule has 106 valence electrons. The summed E-state index contributed by atoms with van der Waals surface area (Å²) >= 11 is 0. The van der Waals surface area contributed by atoms with Gasteiger partial charge in [0.1, 0.15) is 0 Å². The molecule has 0 bridgehead atoms. The highest BCUT2D eigenvalue weighted by atomic mass is 16.1. The van der Waals surface area contributed by atoms with Crippen LogP contribution in [0.25, 0.3) is 0 Å². The van der Waals surface area contributed by atoms with E-state index in [4.69, 9.17) is 0 Å². The normalized spacial score (nSPS) is 10.7. The summed E-state index contributed by atoms with van der Waals surface area (Å²) in [6.45, 7) is 6.59. The Morgan fingerprint density at radius 3 is 2.74 bits per heavy atom. The Morgan fingerprint density at radius 2 is 2.11 bits per heavy atom. The standard InChI is InChI=1S/C15H25N3O/c1-3-14(4-2)15(19)18-10-6-9-17-12-13-7-5-8-16-11-13/h5,7-8,11,14,17H,3-4,6,9-10,12H2,1-2H3,(H,18,19). The lowest BCUT2D eigenvalue weighted by Gasteiger charge is -2.12. The van der Waals surface area contributed by atoms with E-state index in [1.807, 2.05) is 12.3 Å². The molecule has 4 heteroatoms. The van der Waals surface area contributed by atoms with Gasteiger partial charge in [-0.15, -0.1) is 0 Å². The lowest BCUT2D eigenvalue weighted by molar-refractivity contribution is -0.125. The molecular formula is C15H25N3O. The predicted molar refractivity (Wildman–Crippen MR) is 77.6 cm³/mol. The predicted octanol–water partition coefficient (Wildman–Crippen LogP) is 2.11. The van der Waals surface area contributed by atoms with Crippen LogP contribution in [0.2, 0.25) is 0 Å². The first kappa shape index (κ1) is 15.6. The molecule has 0 aliphatic heterocycles. The van der Waals surface area contributed by atoms with Crippen molar-refractivity contribution < 1.29 is 4.79 Å². The van der Waals surface area contributed by atoms with Crippen molar-refractivity contribution in [2.75, 3.05) is 13.1 Å². The van der Waals surface area contributed by atoms with E-state index >= 15 is 0 Å². The van der Waals surface area contributed by atoms with Crippen molar-refractivity contribution in [3.8, 4) is 0 Å². The molecule has 1 heterocycles. The SMILES string of the molecule is CCC(CC)C(=O)NCCCNCc1cccnc1. The minimum atomic E-state index is 0.170. The van der Waals surface area contributed by atoms with Crippen LogP contribution in [0, 0.1) is 5.92 Å². The van der Waals surface area contributed by atoms with Crippen molar-refractivity contribution in [3.63, 3.8) is 0 Å². The quantitative estimate of drug-likeness (QED) is 0.671. The molecule has 1 aromatic rings. The molecule has 0 aromatic carbocycles. The number of carbonyl (C=O) groups excluding carboxylic acids is 1. The Morgan fingerprint density at radius 1 is 1.32 bits per heavy atom. The summed E-state index contributed by atoms with van der Waals surface area (Å²) < 4.78 is 0. The number of rotatable bonds is 9. The highest BCUT2D eigenvalue weighted by molar-refractivity contribution is 5.78. The third-order valence-corrected chi connectivity index (χ3v) is 3.24. The summed E-state index contributed by atoms with van der Waals surface area (Å²) in [6.07, 6.45) is 6.42. The topological polar surface area (TPSA) is 54.0 Å². The number of aromatic nitrogens is 1. The number of nitrogens with one attached hydrogen (secondary N) is 2. The maximum absolute atomic E-state index is 11.7. The molecule has 0 saturated carbocycles. The maximum atomic E-state index is 11.7. The molecule has 0 aliphatic carbocycles. The minimum Gasteiger partial charge on any atom is -0.356 e. The lowest BCUT2D eigenvalue weighted by atomic mass is 10.0. The van der Waals surface area contributed by atoms with Gasteiger partial charge in [0.05, 0.1) is 0 Å². The summed E-state index contributed by atoms with van der Waals surface area (Å²) in [5.41, 5.74) is 1.18.